The Bertz CT molecular complexity index is 1090. The number of nitrogens with zero attached hydrogens (tertiary/aromatic N) is 2. The van der Waals surface area contributed by atoms with Gasteiger partial charge in [-0.3, -0.25) is 4.79 Å². The number of carbonyl (C=O) groups is 1. The third-order valence-electron chi connectivity index (χ3n) is 4.88. The van der Waals surface area contributed by atoms with Crippen LogP contribution in [-0.4, -0.2) is 35.3 Å². The topological polar surface area (TPSA) is 119 Å². The van der Waals surface area contributed by atoms with E-state index in [4.69, 9.17) is 20.4 Å². The summed E-state index contributed by atoms with van der Waals surface area (Å²) in [5, 5.41) is 15.3. The van der Waals surface area contributed by atoms with Gasteiger partial charge < -0.3 is 25.7 Å². The fraction of sp³-hybridized carbons (Fsp3) is 0.292. The SMILES string of the molecule is CCCCC(Oc1ccc(C(N)=NO)cc1)Oc1ccc(-c2nc(C)sc2C(=O)NC)cc1. The molecule has 3 rings (SSSR count). The van der Waals surface area contributed by atoms with Crippen molar-refractivity contribution in [2.45, 2.75) is 39.4 Å². The van der Waals surface area contributed by atoms with Crippen LogP contribution in [0.15, 0.2) is 53.7 Å². The number of amidine groups is 1. The van der Waals surface area contributed by atoms with Crippen LogP contribution in [0.4, 0.5) is 0 Å². The molecule has 0 aliphatic rings. The van der Waals surface area contributed by atoms with Crippen molar-refractivity contribution >= 4 is 23.1 Å². The molecule has 0 fully saturated rings. The number of amides is 1. The van der Waals surface area contributed by atoms with Crippen LogP contribution < -0.4 is 20.5 Å². The Morgan fingerprint density at radius 1 is 1.15 bits per heavy atom. The summed E-state index contributed by atoms with van der Waals surface area (Å²) in [5.74, 6) is 1.16. The Kier molecular flexibility index (Phi) is 8.26. The molecule has 0 aliphatic carbocycles. The van der Waals surface area contributed by atoms with Crippen LogP contribution >= 0.6 is 11.3 Å². The van der Waals surface area contributed by atoms with Gasteiger partial charge in [-0.15, -0.1) is 11.3 Å². The van der Waals surface area contributed by atoms with Gasteiger partial charge in [0.05, 0.1) is 10.7 Å². The van der Waals surface area contributed by atoms with E-state index in [9.17, 15) is 4.79 Å². The molecule has 8 nitrogen and oxygen atoms in total. The monoisotopic (exact) mass is 468 g/mol. The molecule has 9 heteroatoms. The number of unbranched alkanes of at least 4 members (excludes halogenated alkanes) is 1. The van der Waals surface area contributed by atoms with Gasteiger partial charge in [0.15, 0.2) is 5.84 Å². The first-order valence-electron chi connectivity index (χ1n) is 10.7. The second-order valence-corrected chi connectivity index (χ2v) is 8.53. The van der Waals surface area contributed by atoms with Crippen LogP contribution in [0.25, 0.3) is 11.3 Å². The first kappa shape index (κ1) is 24.1. The van der Waals surface area contributed by atoms with Crippen molar-refractivity contribution in [1.29, 1.82) is 0 Å². The van der Waals surface area contributed by atoms with Crippen molar-refractivity contribution in [3.8, 4) is 22.8 Å². The standard InChI is InChI=1S/C24H28N4O4S/c1-4-5-6-20(32-19-13-9-17(10-14-19)23(25)28-30)31-18-11-7-16(8-12-18)21-22(24(29)26-3)33-15(2)27-21/h7-14,20,30H,4-6H2,1-3H3,(H2,25,28)(H,26,29). The predicted molar refractivity (Wildman–Crippen MR) is 129 cm³/mol. The Morgan fingerprint density at radius 2 is 1.76 bits per heavy atom. The number of hydrogen-bond acceptors (Lipinski definition) is 7. The van der Waals surface area contributed by atoms with E-state index in [1.54, 1.807) is 31.3 Å². The smallest absolute Gasteiger partial charge is 0.263 e. The van der Waals surface area contributed by atoms with Gasteiger partial charge in [0.2, 0.25) is 6.29 Å². The minimum atomic E-state index is -0.478. The van der Waals surface area contributed by atoms with Gasteiger partial charge in [-0.2, -0.15) is 0 Å². The first-order chi connectivity index (χ1) is 15.9. The van der Waals surface area contributed by atoms with E-state index in [-0.39, 0.29) is 11.7 Å². The lowest BCUT2D eigenvalue weighted by atomic mass is 10.1. The number of thiazole rings is 1. The maximum Gasteiger partial charge on any atom is 0.263 e. The lowest BCUT2D eigenvalue weighted by Gasteiger charge is -2.21. The quantitative estimate of drug-likeness (QED) is 0.132. The van der Waals surface area contributed by atoms with Crippen LogP contribution in [-0.2, 0) is 0 Å². The normalized spacial score (nSPS) is 12.3. The number of aromatic nitrogens is 1. The number of oxime groups is 1. The van der Waals surface area contributed by atoms with Crippen molar-refractivity contribution in [2.24, 2.45) is 10.9 Å². The molecule has 174 valence electrons. The number of carbonyl (C=O) groups excluding carboxylic acids is 1. The molecular formula is C24H28N4O4S. The lowest BCUT2D eigenvalue weighted by Crippen LogP contribution is -2.24. The first-order valence-corrected chi connectivity index (χ1v) is 11.5. The van der Waals surface area contributed by atoms with Gasteiger partial charge in [-0.05, 0) is 61.9 Å². The molecule has 2 aromatic carbocycles. The highest BCUT2D eigenvalue weighted by Crippen LogP contribution is 2.30. The van der Waals surface area contributed by atoms with Crippen molar-refractivity contribution < 1.29 is 19.5 Å². The molecule has 1 heterocycles. The van der Waals surface area contributed by atoms with Crippen molar-refractivity contribution in [3.05, 3.63) is 64.0 Å². The van der Waals surface area contributed by atoms with Gasteiger partial charge in [0.1, 0.15) is 16.4 Å². The van der Waals surface area contributed by atoms with Crippen LogP contribution in [0.1, 0.15) is 46.4 Å². The molecule has 0 aliphatic heterocycles. The van der Waals surface area contributed by atoms with Crippen LogP contribution in [0.3, 0.4) is 0 Å². The average molecular weight is 469 g/mol. The van der Waals surface area contributed by atoms with Gasteiger partial charge in [-0.1, -0.05) is 18.5 Å². The van der Waals surface area contributed by atoms with Crippen molar-refractivity contribution in [3.63, 3.8) is 0 Å². The zero-order chi connectivity index (χ0) is 23.8. The highest BCUT2D eigenvalue weighted by atomic mass is 32.1. The molecule has 1 aromatic heterocycles. The minimum Gasteiger partial charge on any atom is -0.455 e. The molecular weight excluding hydrogens is 440 g/mol. The number of hydrogen-bond donors (Lipinski definition) is 3. The number of nitrogens with one attached hydrogen (secondary N) is 1. The maximum atomic E-state index is 12.2. The number of rotatable bonds is 10. The summed E-state index contributed by atoms with van der Waals surface area (Å²) in [6, 6.07) is 14.4. The maximum absolute atomic E-state index is 12.2. The van der Waals surface area contributed by atoms with Gasteiger partial charge in [0.25, 0.3) is 5.91 Å². The number of ether oxygens (including phenoxy) is 2. The van der Waals surface area contributed by atoms with E-state index in [0.29, 0.717) is 34.1 Å². The fourth-order valence-electron chi connectivity index (χ4n) is 3.16. The molecule has 1 amide bonds. The highest BCUT2D eigenvalue weighted by molar-refractivity contribution is 7.14. The van der Waals surface area contributed by atoms with E-state index < -0.39 is 6.29 Å². The molecule has 0 saturated heterocycles. The lowest BCUT2D eigenvalue weighted by molar-refractivity contribution is -0.00211. The summed E-state index contributed by atoms with van der Waals surface area (Å²) >= 11 is 1.37. The van der Waals surface area contributed by atoms with Gasteiger partial charge >= 0.3 is 0 Å². The number of benzene rings is 2. The molecule has 1 atom stereocenters. The molecule has 33 heavy (non-hydrogen) atoms. The molecule has 0 bridgehead atoms. The second kappa shape index (κ2) is 11.3. The van der Waals surface area contributed by atoms with Gasteiger partial charge in [0, 0.05) is 24.6 Å². The summed E-state index contributed by atoms with van der Waals surface area (Å²) in [6.07, 6.45) is 2.19. The molecule has 4 N–H and O–H groups in total. The van der Waals surface area contributed by atoms with E-state index in [2.05, 4.69) is 22.4 Å². The Balaban J connectivity index is 1.74. The summed E-state index contributed by atoms with van der Waals surface area (Å²) < 4.78 is 12.1. The average Bonchev–Trinajstić information content (AvgIpc) is 3.24. The summed E-state index contributed by atoms with van der Waals surface area (Å²) in [4.78, 5) is 17.3. The van der Waals surface area contributed by atoms with Crippen molar-refractivity contribution in [1.82, 2.24) is 10.3 Å². The zero-order valence-corrected chi connectivity index (χ0v) is 19.7. The summed E-state index contributed by atoms with van der Waals surface area (Å²) in [7, 11) is 1.61. The highest BCUT2D eigenvalue weighted by Gasteiger charge is 2.18. The van der Waals surface area contributed by atoms with E-state index in [1.807, 2.05) is 31.2 Å². The van der Waals surface area contributed by atoms with Gasteiger partial charge in [-0.25, -0.2) is 4.98 Å². The van der Waals surface area contributed by atoms with Crippen molar-refractivity contribution in [2.75, 3.05) is 7.05 Å². The Labute approximate surface area is 197 Å². The Morgan fingerprint density at radius 3 is 2.30 bits per heavy atom. The van der Waals surface area contributed by atoms with Crippen LogP contribution in [0.2, 0.25) is 0 Å². The largest absolute Gasteiger partial charge is 0.455 e. The van der Waals surface area contributed by atoms with E-state index in [1.165, 1.54) is 11.3 Å². The van der Waals surface area contributed by atoms with E-state index in [0.717, 1.165) is 23.4 Å². The number of aryl methyl sites for hydroxylation is 1. The predicted octanol–water partition coefficient (Wildman–Crippen LogP) is 4.55. The molecule has 1 unspecified atom stereocenters. The third kappa shape index (κ3) is 6.23. The molecule has 3 aromatic rings. The fourth-order valence-corrected chi connectivity index (χ4v) is 4.05. The third-order valence-corrected chi connectivity index (χ3v) is 5.85. The molecule has 0 radical (unpaired) electrons. The second-order valence-electron chi connectivity index (χ2n) is 7.33. The molecule has 0 saturated carbocycles. The Hall–Kier alpha value is -3.59. The van der Waals surface area contributed by atoms with Crippen LogP contribution in [0, 0.1) is 6.92 Å². The number of nitrogens with two attached hydrogens (primary N) is 1. The summed E-state index contributed by atoms with van der Waals surface area (Å²) in [6.45, 7) is 3.99. The minimum absolute atomic E-state index is 0.0373. The molecule has 0 spiro atoms. The summed E-state index contributed by atoms with van der Waals surface area (Å²) in [5.41, 5.74) is 7.71. The van der Waals surface area contributed by atoms with Crippen LogP contribution in [0.5, 0.6) is 11.5 Å². The van der Waals surface area contributed by atoms with E-state index >= 15 is 0 Å². The zero-order valence-electron chi connectivity index (χ0n) is 18.9.